The highest BCUT2D eigenvalue weighted by atomic mass is 16.1. The van der Waals surface area contributed by atoms with E-state index in [1.165, 1.54) is 0 Å². The predicted octanol–water partition coefficient (Wildman–Crippen LogP) is 1.63. The number of nitrogens with one attached hydrogen (secondary N) is 2. The Morgan fingerprint density at radius 3 is 2.85 bits per heavy atom. The fourth-order valence-electron chi connectivity index (χ4n) is 1.89. The van der Waals surface area contributed by atoms with E-state index in [1.54, 1.807) is 18.2 Å². The van der Waals surface area contributed by atoms with E-state index < -0.39 is 0 Å². The minimum absolute atomic E-state index is 0.0190. The molecule has 20 heavy (non-hydrogen) atoms. The summed E-state index contributed by atoms with van der Waals surface area (Å²) in [7, 11) is 0. The van der Waals surface area contributed by atoms with Crippen LogP contribution in [0.15, 0.2) is 29.1 Å². The van der Waals surface area contributed by atoms with Gasteiger partial charge in [0, 0.05) is 19.4 Å². The van der Waals surface area contributed by atoms with Gasteiger partial charge >= 0.3 is 0 Å². The molecule has 1 amide bonds. The maximum absolute atomic E-state index is 11.9. The number of fused-ring (bicyclic) bond motifs is 1. The zero-order valence-corrected chi connectivity index (χ0v) is 11.8. The van der Waals surface area contributed by atoms with Gasteiger partial charge in [0.15, 0.2) is 0 Å². The SMILES string of the molecule is CC(C)CNC(=O)CCc1nc2ccccc2c(=O)[nH]1. The summed E-state index contributed by atoms with van der Waals surface area (Å²) in [6.45, 7) is 4.76. The molecule has 0 aliphatic heterocycles. The van der Waals surface area contributed by atoms with Crippen LogP contribution in [0.1, 0.15) is 26.1 Å². The number of aromatic nitrogens is 2. The summed E-state index contributed by atoms with van der Waals surface area (Å²) in [6, 6.07) is 7.18. The minimum Gasteiger partial charge on any atom is -0.356 e. The molecule has 0 spiro atoms. The van der Waals surface area contributed by atoms with Crippen LogP contribution in [0.3, 0.4) is 0 Å². The normalized spacial score (nSPS) is 10.9. The molecule has 0 fully saturated rings. The number of amides is 1. The largest absolute Gasteiger partial charge is 0.356 e. The Hall–Kier alpha value is -2.17. The van der Waals surface area contributed by atoms with E-state index in [1.807, 2.05) is 19.9 Å². The molecule has 0 saturated carbocycles. The lowest BCUT2D eigenvalue weighted by Crippen LogP contribution is -2.27. The first kappa shape index (κ1) is 14.2. The van der Waals surface area contributed by atoms with E-state index >= 15 is 0 Å². The summed E-state index contributed by atoms with van der Waals surface area (Å²) in [6.07, 6.45) is 0.762. The van der Waals surface area contributed by atoms with Crippen molar-refractivity contribution in [2.45, 2.75) is 26.7 Å². The predicted molar refractivity (Wildman–Crippen MR) is 78.5 cm³/mol. The molecule has 2 rings (SSSR count). The van der Waals surface area contributed by atoms with Crippen molar-refractivity contribution in [2.75, 3.05) is 6.54 Å². The van der Waals surface area contributed by atoms with Gasteiger partial charge in [-0.3, -0.25) is 9.59 Å². The van der Waals surface area contributed by atoms with Crippen molar-refractivity contribution in [1.82, 2.24) is 15.3 Å². The van der Waals surface area contributed by atoms with Crippen molar-refractivity contribution in [3.05, 3.63) is 40.4 Å². The van der Waals surface area contributed by atoms with Crippen LogP contribution in [0.2, 0.25) is 0 Å². The maximum Gasteiger partial charge on any atom is 0.258 e. The highest BCUT2D eigenvalue weighted by Gasteiger charge is 2.06. The molecule has 2 N–H and O–H groups in total. The number of aryl methyl sites for hydroxylation is 1. The quantitative estimate of drug-likeness (QED) is 0.869. The smallest absolute Gasteiger partial charge is 0.258 e. The van der Waals surface area contributed by atoms with Gasteiger partial charge < -0.3 is 10.3 Å². The van der Waals surface area contributed by atoms with Crippen molar-refractivity contribution in [3.8, 4) is 0 Å². The number of H-pyrrole nitrogens is 1. The van der Waals surface area contributed by atoms with Crippen molar-refractivity contribution in [3.63, 3.8) is 0 Å². The third-order valence-corrected chi connectivity index (χ3v) is 2.96. The molecule has 2 aromatic rings. The molecule has 0 radical (unpaired) electrons. The summed E-state index contributed by atoms with van der Waals surface area (Å²) >= 11 is 0. The third kappa shape index (κ3) is 3.66. The van der Waals surface area contributed by atoms with E-state index in [0.717, 1.165) is 0 Å². The van der Waals surface area contributed by atoms with Gasteiger partial charge in [-0.2, -0.15) is 0 Å². The van der Waals surface area contributed by atoms with Gasteiger partial charge in [-0.05, 0) is 18.1 Å². The van der Waals surface area contributed by atoms with E-state index in [9.17, 15) is 9.59 Å². The molecule has 0 aliphatic rings. The highest BCUT2D eigenvalue weighted by molar-refractivity contribution is 5.78. The van der Waals surface area contributed by atoms with Crippen LogP contribution in [0.5, 0.6) is 0 Å². The second kappa shape index (κ2) is 6.32. The highest BCUT2D eigenvalue weighted by Crippen LogP contribution is 2.06. The summed E-state index contributed by atoms with van der Waals surface area (Å²) in [5.74, 6) is 0.959. The first-order valence-electron chi connectivity index (χ1n) is 6.81. The van der Waals surface area contributed by atoms with Gasteiger partial charge in [0.25, 0.3) is 5.56 Å². The number of nitrogens with zero attached hydrogens (tertiary/aromatic N) is 1. The number of aromatic amines is 1. The van der Waals surface area contributed by atoms with Crippen LogP contribution in [-0.2, 0) is 11.2 Å². The number of hydrogen-bond acceptors (Lipinski definition) is 3. The zero-order valence-electron chi connectivity index (χ0n) is 11.8. The topological polar surface area (TPSA) is 74.8 Å². The molecule has 5 heteroatoms. The Morgan fingerprint density at radius 2 is 2.10 bits per heavy atom. The van der Waals surface area contributed by atoms with E-state index in [-0.39, 0.29) is 11.5 Å². The molecule has 0 bridgehead atoms. The van der Waals surface area contributed by atoms with E-state index in [0.29, 0.717) is 42.0 Å². The van der Waals surface area contributed by atoms with Crippen molar-refractivity contribution >= 4 is 16.8 Å². The molecular weight excluding hydrogens is 254 g/mol. The molecule has 0 aliphatic carbocycles. The molecule has 0 saturated heterocycles. The summed E-state index contributed by atoms with van der Waals surface area (Å²) in [4.78, 5) is 30.6. The van der Waals surface area contributed by atoms with Crippen molar-refractivity contribution in [2.24, 2.45) is 5.92 Å². The molecule has 1 aromatic carbocycles. The lowest BCUT2D eigenvalue weighted by molar-refractivity contribution is -0.121. The van der Waals surface area contributed by atoms with Crippen LogP contribution in [-0.4, -0.2) is 22.4 Å². The number of hydrogen-bond donors (Lipinski definition) is 2. The molecule has 0 unspecified atom stereocenters. The average Bonchev–Trinajstić information content (AvgIpc) is 2.43. The van der Waals surface area contributed by atoms with E-state index in [2.05, 4.69) is 15.3 Å². The van der Waals surface area contributed by atoms with Crippen molar-refractivity contribution in [1.29, 1.82) is 0 Å². The van der Waals surface area contributed by atoms with Crippen LogP contribution in [0.25, 0.3) is 10.9 Å². The van der Waals surface area contributed by atoms with E-state index in [4.69, 9.17) is 0 Å². The first-order chi connectivity index (χ1) is 9.56. The zero-order chi connectivity index (χ0) is 14.5. The molecule has 1 heterocycles. The van der Waals surface area contributed by atoms with Crippen LogP contribution in [0, 0.1) is 5.92 Å². The van der Waals surface area contributed by atoms with Crippen LogP contribution < -0.4 is 10.9 Å². The van der Waals surface area contributed by atoms with Gasteiger partial charge in [0.1, 0.15) is 5.82 Å². The van der Waals surface area contributed by atoms with Gasteiger partial charge in [-0.1, -0.05) is 26.0 Å². The van der Waals surface area contributed by atoms with Gasteiger partial charge in [0.05, 0.1) is 10.9 Å². The fraction of sp³-hybridized carbons (Fsp3) is 0.400. The Morgan fingerprint density at radius 1 is 1.35 bits per heavy atom. The minimum atomic E-state index is -0.159. The second-order valence-electron chi connectivity index (χ2n) is 5.23. The second-order valence-corrected chi connectivity index (χ2v) is 5.23. The Bertz CT molecular complexity index is 661. The maximum atomic E-state index is 11.9. The fourth-order valence-corrected chi connectivity index (χ4v) is 1.89. The summed E-state index contributed by atoms with van der Waals surface area (Å²) in [5, 5.41) is 3.42. The molecular formula is C15H19N3O2. The number of carbonyl (C=O) groups is 1. The van der Waals surface area contributed by atoms with Crippen LogP contribution in [0.4, 0.5) is 0 Å². The number of para-hydroxylation sites is 1. The van der Waals surface area contributed by atoms with Crippen molar-refractivity contribution < 1.29 is 4.79 Å². The summed E-state index contributed by atoms with van der Waals surface area (Å²) in [5.41, 5.74) is 0.502. The van der Waals surface area contributed by atoms with Gasteiger partial charge in [0.2, 0.25) is 5.91 Å². The van der Waals surface area contributed by atoms with Gasteiger partial charge in [-0.25, -0.2) is 4.98 Å². The Labute approximate surface area is 117 Å². The Balaban J connectivity index is 2.03. The third-order valence-electron chi connectivity index (χ3n) is 2.96. The monoisotopic (exact) mass is 273 g/mol. The molecule has 0 atom stereocenters. The summed E-state index contributed by atoms with van der Waals surface area (Å²) < 4.78 is 0. The molecule has 5 nitrogen and oxygen atoms in total. The first-order valence-corrected chi connectivity index (χ1v) is 6.81. The Kier molecular flexibility index (Phi) is 4.50. The lowest BCUT2D eigenvalue weighted by Gasteiger charge is -2.07. The van der Waals surface area contributed by atoms with Crippen LogP contribution >= 0.6 is 0 Å². The standard InChI is InChI=1S/C15H19N3O2/c1-10(2)9-16-14(19)8-7-13-17-12-6-4-3-5-11(12)15(20)18-13/h3-6,10H,7-9H2,1-2H3,(H,16,19)(H,17,18,20). The number of rotatable bonds is 5. The number of carbonyl (C=O) groups excluding carboxylic acids is 1. The molecule has 106 valence electrons. The van der Waals surface area contributed by atoms with Gasteiger partial charge in [-0.15, -0.1) is 0 Å². The molecule has 1 aromatic heterocycles. The lowest BCUT2D eigenvalue weighted by atomic mass is 10.2. The number of benzene rings is 1. The average molecular weight is 273 g/mol.